The van der Waals surface area contributed by atoms with E-state index in [1.807, 2.05) is 0 Å². The Morgan fingerprint density at radius 1 is 1.28 bits per heavy atom. The van der Waals surface area contributed by atoms with E-state index >= 15 is 0 Å². The molecular formula is C20H16ClF3N2O3. The highest BCUT2D eigenvalue weighted by molar-refractivity contribution is 6.30. The molecule has 0 fully saturated rings. The predicted octanol–water partition coefficient (Wildman–Crippen LogP) is 4.95. The lowest BCUT2D eigenvalue weighted by molar-refractivity contribution is -0.141. The number of aliphatic carboxylic acids is 1. The summed E-state index contributed by atoms with van der Waals surface area (Å²) < 4.78 is 41.0. The van der Waals surface area contributed by atoms with Gasteiger partial charge in [-0.1, -0.05) is 11.6 Å². The van der Waals surface area contributed by atoms with E-state index in [2.05, 4.69) is 4.99 Å². The Bertz CT molecular complexity index is 1060. The molecule has 0 amide bonds. The number of aliphatic imine (C=N–C) groups is 1. The van der Waals surface area contributed by atoms with Gasteiger partial charge in [-0.25, -0.2) is 4.79 Å². The number of rotatable bonds is 5. The molecule has 0 aliphatic carbocycles. The second-order valence-electron chi connectivity index (χ2n) is 6.56. The second kappa shape index (κ2) is 8.24. The number of allylic oxidation sites excluding steroid dienone is 1. The van der Waals surface area contributed by atoms with E-state index in [4.69, 9.17) is 11.6 Å². The van der Waals surface area contributed by atoms with Crippen molar-refractivity contribution >= 4 is 23.8 Å². The van der Waals surface area contributed by atoms with Gasteiger partial charge in [-0.05, 0) is 53.8 Å². The van der Waals surface area contributed by atoms with Crippen LogP contribution in [0.15, 0.2) is 58.1 Å². The number of carboxylic acid groups (broad SMARTS) is 1. The number of nitrogens with zero attached hydrogens (tertiary/aromatic N) is 2. The van der Waals surface area contributed by atoms with Crippen molar-refractivity contribution in [1.82, 2.24) is 4.57 Å². The smallest absolute Gasteiger partial charge is 0.417 e. The molecule has 1 atom stereocenters. The fraction of sp³-hybridized carbons (Fsp3) is 0.250. The summed E-state index contributed by atoms with van der Waals surface area (Å²) in [7, 11) is 0. The molecule has 0 radical (unpaired) electrons. The normalized spacial score (nSPS) is 15.1. The van der Waals surface area contributed by atoms with Crippen LogP contribution in [0.25, 0.3) is 11.1 Å². The molecule has 1 aliphatic rings. The molecule has 9 heteroatoms. The maximum absolute atomic E-state index is 13.3. The molecule has 0 spiro atoms. The van der Waals surface area contributed by atoms with Crippen LogP contribution in [0, 0.1) is 0 Å². The van der Waals surface area contributed by atoms with Gasteiger partial charge in [0.2, 0.25) is 0 Å². The van der Waals surface area contributed by atoms with E-state index < -0.39 is 29.3 Å². The van der Waals surface area contributed by atoms with Crippen molar-refractivity contribution in [2.24, 2.45) is 4.99 Å². The molecule has 1 unspecified atom stereocenters. The standard InChI is InChI=1S/C20H16ClF3N2O3/c21-14-3-4-16(20(22,23)24)15(10-14)13-5-7-26(18(27)9-13)17(19(28)29)8-12-2-1-6-25-11-12/h3-7,9-11,17H,1-2,8H2,(H,28,29). The number of carboxylic acids is 1. The van der Waals surface area contributed by atoms with Crippen LogP contribution in [-0.4, -0.2) is 21.9 Å². The maximum atomic E-state index is 13.3. The summed E-state index contributed by atoms with van der Waals surface area (Å²) in [4.78, 5) is 28.3. The zero-order chi connectivity index (χ0) is 21.2. The minimum atomic E-state index is -4.63. The summed E-state index contributed by atoms with van der Waals surface area (Å²) in [5, 5.41) is 9.65. The van der Waals surface area contributed by atoms with Gasteiger partial charge in [0.1, 0.15) is 6.04 Å². The average Bonchev–Trinajstić information content (AvgIpc) is 2.66. The van der Waals surface area contributed by atoms with Crippen LogP contribution in [-0.2, 0) is 11.0 Å². The van der Waals surface area contributed by atoms with Crippen molar-refractivity contribution in [2.45, 2.75) is 31.5 Å². The molecule has 29 heavy (non-hydrogen) atoms. The second-order valence-corrected chi connectivity index (χ2v) is 7.00. The van der Waals surface area contributed by atoms with Crippen molar-refractivity contribution in [3.63, 3.8) is 0 Å². The molecule has 0 bridgehead atoms. The van der Waals surface area contributed by atoms with Gasteiger partial charge in [0.25, 0.3) is 5.56 Å². The Morgan fingerprint density at radius 2 is 2.03 bits per heavy atom. The fourth-order valence-corrected chi connectivity index (χ4v) is 3.34. The minimum absolute atomic E-state index is 0.00620. The third-order valence-corrected chi connectivity index (χ3v) is 4.81. The van der Waals surface area contributed by atoms with E-state index in [0.29, 0.717) is 12.8 Å². The zero-order valence-electron chi connectivity index (χ0n) is 15.0. The molecule has 1 N–H and O–H groups in total. The lowest BCUT2D eigenvalue weighted by atomic mass is 9.99. The maximum Gasteiger partial charge on any atom is 0.417 e. The summed E-state index contributed by atoms with van der Waals surface area (Å²) in [5.74, 6) is -1.21. The molecule has 1 aliphatic heterocycles. The third kappa shape index (κ3) is 4.76. The van der Waals surface area contributed by atoms with Gasteiger partial charge in [0.05, 0.1) is 5.56 Å². The number of pyridine rings is 1. The highest BCUT2D eigenvalue weighted by Gasteiger charge is 2.34. The first-order chi connectivity index (χ1) is 13.7. The van der Waals surface area contributed by atoms with Crippen molar-refractivity contribution < 1.29 is 23.1 Å². The number of hydrogen-bond acceptors (Lipinski definition) is 3. The van der Waals surface area contributed by atoms with Gasteiger partial charge >= 0.3 is 12.1 Å². The van der Waals surface area contributed by atoms with Crippen LogP contribution in [0.2, 0.25) is 5.02 Å². The van der Waals surface area contributed by atoms with Crippen molar-refractivity contribution in [1.29, 1.82) is 0 Å². The summed E-state index contributed by atoms with van der Waals surface area (Å²) in [6, 6.07) is 4.19. The highest BCUT2D eigenvalue weighted by atomic mass is 35.5. The lowest BCUT2D eigenvalue weighted by Crippen LogP contribution is -2.29. The van der Waals surface area contributed by atoms with Crippen LogP contribution in [0.3, 0.4) is 0 Å². The molecule has 3 rings (SSSR count). The number of alkyl halides is 3. The summed E-state index contributed by atoms with van der Waals surface area (Å²) in [5.41, 5.74) is -1.11. The molecule has 2 aromatic rings. The van der Waals surface area contributed by atoms with Gasteiger partial charge in [-0.3, -0.25) is 9.79 Å². The van der Waals surface area contributed by atoms with E-state index in [0.717, 1.165) is 34.4 Å². The van der Waals surface area contributed by atoms with Crippen LogP contribution in [0.4, 0.5) is 13.2 Å². The lowest BCUT2D eigenvalue weighted by Gasteiger charge is -2.19. The first-order valence-corrected chi connectivity index (χ1v) is 9.06. The molecule has 1 aromatic carbocycles. The third-order valence-electron chi connectivity index (χ3n) is 4.58. The van der Waals surface area contributed by atoms with Gasteiger partial charge in [-0.15, -0.1) is 0 Å². The van der Waals surface area contributed by atoms with Crippen LogP contribution in [0.5, 0.6) is 0 Å². The van der Waals surface area contributed by atoms with Gasteiger partial charge in [-0.2, -0.15) is 13.2 Å². The van der Waals surface area contributed by atoms with E-state index in [-0.39, 0.29) is 22.6 Å². The first-order valence-electron chi connectivity index (χ1n) is 8.68. The van der Waals surface area contributed by atoms with E-state index in [1.165, 1.54) is 12.3 Å². The number of carbonyl (C=O) groups is 1. The molecular weight excluding hydrogens is 409 g/mol. The van der Waals surface area contributed by atoms with Crippen molar-refractivity contribution in [3.05, 3.63) is 69.2 Å². The quantitative estimate of drug-likeness (QED) is 0.738. The Morgan fingerprint density at radius 3 is 2.62 bits per heavy atom. The van der Waals surface area contributed by atoms with Gasteiger partial charge < -0.3 is 9.67 Å². The van der Waals surface area contributed by atoms with E-state index in [9.17, 15) is 27.9 Å². The van der Waals surface area contributed by atoms with Crippen molar-refractivity contribution in [3.8, 4) is 11.1 Å². The minimum Gasteiger partial charge on any atom is -0.480 e. The SMILES string of the molecule is O=C(O)C(CC1=CN=CCC1)n1ccc(-c2cc(Cl)ccc2C(F)(F)F)cc1=O. The summed E-state index contributed by atoms with van der Waals surface area (Å²) in [6.45, 7) is 0. The van der Waals surface area contributed by atoms with Crippen LogP contribution in [0.1, 0.15) is 30.9 Å². The molecule has 152 valence electrons. The average molecular weight is 425 g/mol. The number of halogens is 4. The Kier molecular flexibility index (Phi) is 5.93. The van der Waals surface area contributed by atoms with Crippen LogP contribution < -0.4 is 5.56 Å². The number of hydrogen-bond donors (Lipinski definition) is 1. The Hall–Kier alpha value is -2.87. The molecule has 2 heterocycles. The van der Waals surface area contributed by atoms with E-state index in [1.54, 1.807) is 12.4 Å². The van der Waals surface area contributed by atoms with Crippen LogP contribution >= 0.6 is 11.6 Å². The van der Waals surface area contributed by atoms with Gasteiger partial charge in [0.15, 0.2) is 0 Å². The van der Waals surface area contributed by atoms with Gasteiger partial charge in [0, 0.05) is 36.1 Å². The largest absolute Gasteiger partial charge is 0.480 e. The zero-order valence-corrected chi connectivity index (χ0v) is 15.7. The summed E-state index contributed by atoms with van der Waals surface area (Å²) in [6.07, 6.45) is 1.25. The predicted molar refractivity (Wildman–Crippen MR) is 103 cm³/mol. The molecule has 0 saturated carbocycles. The van der Waals surface area contributed by atoms with Crippen molar-refractivity contribution in [2.75, 3.05) is 0 Å². The monoisotopic (exact) mass is 424 g/mol. The number of benzene rings is 1. The Labute approximate surface area is 168 Å². The topological polar surface area (TPSA) is 71.7 Å². The number of aromatic nitrogens is 1. The Balaban J connectivity index is 2.01. The molecule has 5 nitrogen and oxygen atoms in total. The fourth-order valence-electron chi connectivity index (χ4n) is 3.17. The molecule has 1 aromatic heterocycles. The first kappa shape index (κ1) is 20.9. The summed E-state index contributed by atoms with van der Waals surface area (Å²) >= 11 is 5.84. The molecule has 0 saturated heterocycles. The highest BCUT2D eigenvalue weighted by Crippen LogP contribution is 2.38.